The van der Waals surface area contributed by atoms with Gasteiger partial charge in [0.05, 0.1) is 0 Å². The molecule has 1 nitrogen and oxygen atoms in total. The lowest BCUT2D eigenvalue weighted by atomic mass is 9.84. The van der Waals surface area contributed by atoms with Crippen LogP contribution in [-0.2, 0) is 0 Å². The van der Waals surface area contributed by atoms with Crippen LogP contribution in [-0.4, -0.2) is 11.7 Å². The van der Waals surface area contributed by atoms with Crippen molar-refractivity contribution in [3.63, 3.8) is 0 Å². The first-order valence-electron chi connectivity index (χ1n) is 5.73. The Bertz CT molecular complexity index is 108. The second-order valence-corrected chi connectivity index (χ2v) is 4.80. The maximum absolute atomic E-state index is 8.84. The fourth-order valence-corrected chi connectivity index (χ4v) is 1.63. The van der Waals surface area contributed by atoms with Crippen molar-refractivity contribution in [3.05, 3.63) is 0 Å². The molecule has 0 saturated heterocycles. The molecule has 1 heteroatoms. The average Bonchev–Trinajstić information content (AvgIpc) is 2.04. The minimum Gasteiger partial charge on any atom is -0.396 e. The molecule has 0 aromatic heterocycles. The van der Waals surface area contributed by atoms with Gasteiger partial charge in [0.2, 0.25) is 0 Å². The molecule has 0 atom stereocenters. The normalized spacial score (nSPS) is 12.0. The summed E-state index contributed by atoms with van der Waals surface area (Å²) in [4.78, 5) is 0. The van der Waals surface area contributed by atoms with Crippen molar-refractivity contribution >= 4 is 0 Å². The SMILES string of the molecule is CCCCCCCC(C)(C)CCO. The first kappa shape index (κ1) is 13.0. The van der Waals surface area contributed by atoms with Crippen molar-refractivity contribution in [2.75, 3.05) is 6.61 Å². The Kier molecular flexibility index (Phi) is 7.35. The van der Waals surface area contributed by atoms with E-state index in [4.69, 9.17) is 5.11 Å². The molecule has 0 aliphatic carbocycles. The Balaban J connectivity index is 3.29. The zero-order chi connectivity index (χ0) is 10.2. The monoisotopic (exact) mass is 186 g/mol. The maximum atomic E-state index is 8.84. The first-order valence-corrected chi connectivity index (χ1v) is 5.73. The van der Waals surface area contributed by atoms with Gasteiger partial charge >= 0.3 is 0 Å². The van der Waals surface area contributed by atoms with Gasteiger partial charge in [-0.2, -0.15) is 0 Å². The van der Waals surface area contributed by atoms with Crippen molar-refractivity contribution in [2.45, 2.75) is 65.7 Å². The highest BCUT2D eigenvalue weighted by molar-refractivity contribution is 4.67. The molecule has 0 aromatic rings. The molecule has 0 heterocycles. The second kappa shape index (κ2) is 7.37. The van der Waals surface area contributed by atoms with Crippen LogP contribution in [0, 0.1) is 5.41 Å². The third-order valence-electron chi connectivity index (χ3n) is 2.75. The minimum atomic E-state index is 0.335. The van der Waals surface area contributed by atoms with Crippen LogP contribution >= 0.6 is 0 Å². The highest BCUT2D eigenvalue weighted by atomic mass is 16.3. The zero-order valence-corrected chi connectivity index (χ0v) is 9.60. The van der Waals surface area contributed by atoms with Gasteiger partial charge in [-0.05, 0) is 18.3 Å². The van der Waals surface area contributed by atoms with Crippen LogP contribution in [0.15, 0.2) is 0 Å². The molecule has 80 valence electrons. The van der Waals surface area contributed by atoms with E-state index >= 15 is 0 Å². The summed E-state index contributed by atoms with van der Waals surface area (Å²) in [7, 11) is 0. The lowest BCUT2D eigenvalue weighted by molar-refractivity contribution is 0.198. The Hall–Kier alpha value is -0.0400. The molecule has 13 heavy (non-hydrogen) atoms. The number of hydrogen-bond acceptors (Lipinski definition) is 1. The lowest BCUT2D eigenvalue weighted by Crippen LogP contribution is -2.12. The van der Waals surface area contributed by atoms with E-state index in [2.05, 4.69) is 20.8 Å². The van der Waals surface area contributed by atoms with E-state index in [1.807, 2.05) is 0 Å². The third kappa shape index (κ3) is 8.29. The van der Waals surface area contributed by atoms with Crippen LogP contribution in [0.3, 0.4) is 0 Å². The smallest absolute Gasteiger partial charge is 0.0436 e. The Morgan fingerprint density at radius 2 is 1.54 bits per heavy atom. The van der Waals surface area contributed by atoms with Crippen LogP contribution in [0.4, 0.5) is 0 Å². The van der Waals surface area contributed by atoms with Crippen LogP contribution in [0.25, 0.3) is 0 Å². The van der Waals surface area contributed by atoms with E-state index in [1.54, 1.807) is 0 Å². The van der Waals surface area contributed by atoms with Crippen molar-refractivity contribution in [2.24, 2.45) is 5.41 Å². The van der Waals surface area contributed by atoms with Crippen LogP contribution in [0.5, 0.6) is 0 Å². The standard InChI is InChI=1S/C12H26O/c1-4-5-6-7-8-9-12(2,3)10-11-13/h13H,4-11H2,1-3H3. The zero-order valence-electron chi connectivity index (χ0n) is 9.60. The fraction of sp³-hybridized carbons (Fsp3) is 1.00. The van der Waals surface area contributed by atoms with E-state index in [-0.39, 0.29) is 0 Å². The molecule has 0 amide bonds. The van der Waals surface area contributed by atoms with E-state index in [0.717, 1.165) is 6.42 Å². The van der Waals surface area contributed by atoms with Gasteiger partial charge in [-0.1, -0.05) is 52.9 Å². The fourth-order valence-electron chi connectivity index (χ4n) is 1.63. The summed E-state index contributed by atoms with van der Waals surface area (Å²) >= 11 is 0. The van der Waals surface area contributed by atoms with Gasteiger partial charge in [-0.3, -0.25) is 0 Å². The maximum Gasteiger partial charge on any atom is 0.0436 e. The topological polar surface area (TPSA) is 20.2 Å². The van der Waals surface area contributed by atoms with Crippen molar-refractivity contribution < 1.29 is 5.11 Å². The van der Waals surface area contributed by atoms with E-state index in [1.165, 1.54) is 38.5 Å². The van der Waals surface area contributed by atoms with Crippen molar-refractivity contribution in [3.8, 4) is 0 Å². The molecular formula is C12H26O. The quantitative estimate of drug-likeness (QED) is 0.572. The summed E-state index contributed by atoms with van der Waals surface area (Å²) in [5.74, 6) is 0. The summed E-state index contributed by atoms with van der Waals surface area (Å²) in [5, 5.41) is 8.84. The highest BCUT2D eigenvalue weighted by Crippen LogP contribution is 2.27. The summed E-state index contributed by atoms with van der Waals surface area (Å²) < 4.78 is 0. The molecule has 0 radical (unpaired) electrons. The molecule has 0 bridgehead atoms. The lowest BCUT2D eigenvalue weighted by Gasteiger charge is -2.23. The first-order chi connectivity index (χ1) is 6.12. The predicted octanol–water partition coefficient (Wildman–Crippen LogP) is 3.76. The molecule has 0 aliphatic heterocycles. The van der Waals surface area contributed by atoms with Gasteiger partial charge in [0.25, 0.3) is 0 Å². The minimum absolute atomic E-state index is 0.335. The van der Waals surface area contributed by atoms with Gasteiger partial charge in [-0.15, -0.1) is 0 Å². The largest absolute Gasteiger partial charge is 0.396 e. The number of hydrogen-bond donors (Lipinski definition) is 1. The van der Waals surface area contributed by atoms with Gasteiger partial charge < -0.3 is 5.11 Å². The van der Waals surface area contributed by atoms with E-state index in [0.29, 0.717) is 12.0 Å². The number of aliphatic hydroxyl groups is 1. The molecule has 0 saturated carbocycles. The number of rotatable bonds is 8. The number of unbranched alkanes of at least 4 members (excludes halogenated alkanes) is 4. The number of aliphatic hydroxyl groups excluding tert-OH is 1. The Labute approximate surface area is 83.5 Å². The van der Waals surface area contributed by atoms with Gasteiger partial charge in [0.1, 0.15) is 0 Å². The van der Waals surface area contributed by atoms with Gasteiger partial charge in [0, 0.05) is 6.61 Å². The summed E-state index contributed by atoms with van der Waals surface area (Å²) in [6, 6.07) is 0. The molecule has 0 unspecified atom stereocenters. The van der Waals surface area contributed by atoms with Crippen molar-refractivity contribution in [1.29, 1.82) is 0 Å². The van der Waals surface area contributed by atoms with Gasteiger partial charge in [-0.25, -0.2) is 0 Å². The molecule has 0 aliphatic rings. The molecule has 0 rings (SSSR count). The van der Waals surface area contributed by atoms with E-state index in [9.17, 15) is 0 Å². The highest BCUT2D eigenvalue weighted by Gasteiger charge is 2.15. The van der Waals surface area contributed by atoms with Crippen LogP contribution in [0.1, 0.15) is 65.7 Å². The Morgan fingerprint density at radius 3 is 2.08 bits per heavy atom. The average molecular weight is 186 g/mol. The molecule has 1 N–H and O–H groups in total. The summed E-state index contributed by atoms with van der Waals surface area (Å²) in [5.41, 5.74) is 0.348. The molecule has 0 aromatic carbocycles. The van der Waals surface area contributed by atoms with Crippen LogP contribution < -0.4 is 0 Å². The summed E-state index contributed by atoms with van der Waals surface area (Å²) in [6.07, 6.45) is 8.97. The summed E-state index contributed by atoms with van der Waals surface area (Å²) in [6.45, 7) is 7.09. The molecule has 0 spiro atoms. The molecular weight excluding hydrogens is 160 g/mol. The Morgan fingerprint density at radius 1 is 0.923 bits per heavy atom. The second-order valence-electron chi connectivity index (χ2n) is 4.80. The van der Waals surface area contributed by atoms with Crippen molar-refractivity contribution in [1.82, 2.24) is 0 Å². The predicted molar refractivity (Wildman–Crippen MR) is 58.9 cm³/mol. The van der Waals surface area contributed by atoms with Crippen LogP contribution in [0.2, 0.25) is 0 Å². The third-order valence-corrected chi connectivity index (χ3v) is 2.75. The molecule has 0 fully saturated rings. The van der Waals surface area contributed by atoms with Gasteiger partial charge in [0.15, 0.2) is 0 Å². The van der Waals surface area contributed by atoms with E-state index < -0.39 is 0 Å².